The molecule has 4 aliphatic carbocycles. The number of hydrogen-bond donors (Lipinski definition) is 8. The van der Waals surface area contributed by atoms with Gasteiger partial charge in [-0.3, -0.25) is 0 Å². The normalized spacial score (nSPS) is 50.7. The lowest BCUT2D eigenvalue weighted by Gasteiger charge is -2.63. The minimum atomic E-state index is -1.83. The summed E-state index contributed by atoms with van der Waals surface area (Å²) in [6.45, 7) is 9.82. The molecule has 44 heavy (non-hydrogen) atoms. The highest BCUT2D eigenvalue weighted by atomic mass is 16.7. The van der Waals surface area contributed by atoms with E-state index in [1.165, 1.54) is 0 Å². The van der Waals surface area contributed by atoms with Gasteiger partial charge in [0.1, 0.15) is 18.3 Å². The van der Waals surface area contributed by atoms with Crippen LogP contribution in [-0.2, 0) is 14.3 Å². The quantitative estimate of drug-likeness (QED) is 0.193. The van der Waals surface area contributed by atoms with Gasteiger partial charge >= 0.3 is 5.97 Å². The van der Waals surface area contributed by atoms with Crippen molar-refractivity contribution in [2.45, 2.75) is 153 Å². The molecule has 8 N–H and O–H groups in total. The highest BCUT2D eigenvalue weighted by Crippen LogP contribution is 2.68. The molecule has 11 heteroatoms. The number of ether oxygens (including phenoxy) is 2. The number of aliphatic hydroxyl groups is 7. The molecule has 254 valence electrons. The Morgan fingerprint density at radius 3 is 2.27 bits per heavy atom. The summed E-state index contributed by atoms with van der Waals surface area (Å²) in [5.41, 5.74) is -1.64. The minimum absolute atomic E-state index is 0.0102. The molecule has 0 amide bonds. The summed E-state index contributed by atoms with van der Waals surface area (Å²) in [5.74, 6) is -0.782. The minimum Gasteiger partial charge on any atom is -0.479 e. The second-order valence-corrected chi connectivity index (χ2v) is 16.2. The SMILES string of the molecule is C[C@H](C[C@H](CC(C)(C)O)O[C@@H]1O[C@H](C(=O)O)[C@@H](O)[C@H](O)[C@H]1O)[C@H]1CC[C@H]2[C@@H]3[C@H](O)C[C@@H]4C[C@H](O)CC[C@]4(C)[C@H]3C[C@H](O)[C@]12C. The monoisotopic (exact) mass is 628 g/mol. The first kappa shape index (κ1) is 34.4. The van der Waals surface area contributed by atoms with Gasteiger partial charge in [-0.1, -0.05) is 20.8 Å². The van der Waals surface area contributed by atoms with Crippen LogP contribution < -0.4 is 0 Å². The zero-order chi connectivity index (χ0) is 32.5. The van der Waals surface area contributed by atoms with Crippen molar-refractivity contribution >= 4 is 5.97 Å². The number of hydrogen-bond acceptors (Lipinski definition) is 10. The molecule has 5 aliphatic rings. The highest BCUT2D eigenvalue weighted by Gasteiger charge is 2.66. The van der Waals surface area contributed by atoms with Gasteiger partial charge in [-0.25, -0.2) is 4.79 Å². The lowest BCUT2D eigenvalue weighted by atomic mass is 9.43. The molecule has 0 aromatic carbocycles. The Bertz CT molecular complexity index is 1030. The number of carboxylic acids is 1. The van der Waals surface area contributed by atoms with Crippen LogP contribution in [-0.4, -0.2) is 108 Å². The predicted octanol–water partition coefficient (Wildman–Crippen LogP) is 1.41. The summed E-state index contributed by atoms with van der Waals surface area (Å²) in [6, 6.07) is 0. The Hall–Kier alpha value is -0.890. The van der Waals surface area contributed by atoms with Crippen molar-refractivity contribution in [2.75, 3.05) is 0 Å². The van der Waals surface area contributed by atoms with Crippen molar-refractivity contribution in [1.29, 1.82) is 0 Å². The summed E-state index contributed by atoms with van der Waals surface area (Å²) >= 11 is 0. The molecular formula is C33H56O11. The first-order valence-electron chi connectivity index (χ1n) is 16.7. The first-order valence-corrected chi connectivity index (χ1v) is 16.7. The number of carbonyl (C=O) groups is 1. The largest absolute Gasteiger partial charge is 0.479 e. The summed E-state index contributed by atoms with van der Waals surface area (Å²) < 4.78 is 11.5. The van der Waals surface area contributed by atoms with Crippen LogP contribution in [0, 0.1) is 46.3 Å². The Kier molecular flexibility index (Phi) is 9.62. The molecule has 11 nitrogen and oxygen atoms in total. The summed E-state index contributed by atoms with van der Waals surface area (Å²) in [6.07, 6.45) is -4.70. The molecule has 17 atom stereocenters. The zero-order valence-electron chi connectivity index (χ0n) is 26.8. The molecule has 0 unspecified atom stereocenters. The number of aliphatic carboxylic acids is 1. The Balaban J connectivity index is 1.35. The van der Waals surface area contributed by atoms with Crippen molar-refractivity contribution in [1.82, 2.24) is 0 Å². The van der Waals surface area contributed by atoms with Gasteiger partial charge in [-0.2, -0.15) is 0 Å². The van der Waals surface area contributed by atoms with Crippen LogP contribution in [0.4, 0.5) is 0 Å². The molecule has 0 aromatic rings. The van der Waals surface area contributed by atoms with Gasteiger partial charge in [0.2, 0.25) is 0 Å². The van der Waals surface area contributed by atoms with Gasteiger partial charge in [0.15, 0.2) is 12.4 Å². The number of carboxylic acid groups (broad SMARTS) is 1. The topological polar surface area (TPSA) is 197 Å². The number of rotatable bonds is 8. The van der Waals surface area contributed by atoms with Gasteiger partial charge in [0.05, 0.1) is 30.0 Å². The van der Waals surface area contributed by atoms with E-state index in [1.807, 2.05) is 0 Å². The lowest BCUT2D eigenvalue weighted by Crippen LogP contribution is -2.62. The fourth-order valence-corrected chi connectivity index (χ4v) is 10.8. The predicted molar refractivity (Wildman–Crippen MR) is 158 cm³/mol. The van der Waals surface area contributed by atoms with E-state index in [1.54, 1.807) is 13.8 Å². The van der Waals surface area contributed by atoms with Gasteiger partial charge in [0.25, 0.3) is 0 Å². The molecule has 4 saturated carbocycles. The second-order valence-electron chi connectivity index (χ2n) is 16.2. The molecule has 0 spiro atoms. The van der Waals surface area contributed by atoms with Crippen LogP contribution in [0.15, 0.2) is 0 Å². The van der Waals surface area contributed by atoms with E-state index < -0.39 is 66.0 Å². The van der Waals surface area contributed by atoms with E-state index in [4.69, 9.17) is 9.47 Å². The van der Waals surface area contributed by atoms with E-state index >= 15 is 0 Å². The molecule has 0 aromatic heterocycles. The lowest BCUT2D eigenvalue weighted by molar-refractivity contribution is -0.308. The molecule has 1 saturated heterocycles. The van der Waals surface area contributed by atoms with Crippen LogP contribution in [0.1, 0.15) is 92.4 Å². The Morgan fingerprint density at radius 2 is 1.64 bits per heavy atom. The van der Waals surface area contributed by atoms with Crippen LogP contribution in [0.25, 0.3) is 0 Å². The number of aliphatic hydroxyl groups excluding tert-OH is 6. The standard InChI is InChI=1S/C33H56O11/c1-15(10-18(14-31(2,3)42)43-30-27(39)25(37)26(38)28(44-30)29(40)41)19-6-7-20-24-21(13-23(36)33(19,20)5)32(4)9-8-17(34)11-16(32)12-22(24)35/h15-28,30,34-39,42H,6-14H2,1-5H3,(H,40,41)/t15-,16+,17-,18-,19-,20+,21+,22-,23+,24+,25+,26+,27-,28+,30-,32+,33-/m1/s1. The third-order valence-corrected chi connectivity index (χ3v) is 13.0. The van der Waals surface area contributed by atoms with Crippen LogP contribution in [0.5, 0.6) is 0 Å². The van der Waals surface area contributed by atoms with Crippen molar-refractivity contribution in [3.63, 3.8) is 0 Å². The smallest absolute Gasteiger partial charge is 0.335 e. The first-order chi connectivity index (χ1) is 20.4. The average Bonchev–Trinajstić information content (AvgIpc) is 3.28. The van der Waals surface area contributed by atoms with Gasteiger partial charge in [-0.05, 0) is 112 Å². The maximum absolute atomic E-state index is 11.9. The molecule has 1 heterocycles. The van der Waals surface area contributed by atoms with Crippen LogP contribution in [0.3, 0.4) is 0 Å². The molecule has 5 fully saturated rings. The van der Waals surface area contributed by atoms with Crippen LogP contribution in [0.2, 0.25) is 0 Å². The molecule has 5 rings (SSSR count). The third-order valence-electron chi connectivity index (χ3n) is 13.0. The summed E-state index contributed by atoms with van der Waals surface area (Å²) in [5, 5.41) is 85.1. The molecule has 0 radical (unpaired) electrons. The third kappa shape index (κ3) is 5.99. The van der Waals surface area contributed by atoms with E-state index in [-0.39, 0.29) is 53.4 Å². The number of fused-ring (bicyclic) bond motifs is 5. The van der Waals surface area contributed by atoms with Crippen molar-refractivity contribution in [3.8, 4) is 0 Å². The van der Waals surface area contributed by atoms with Gasteiger partial charge < -0.3 is 50.3 Å². The molecular weight excluding hydrogens is 572 g/mol. The molecule has 0 bridgehead atoms. The Labute approximate surface area is 260 Å². The zero-order valence-corrected chi connectivity index (χ0v) is 26.8. The fourth-order valence-electron chi connectivity index (χ4n) is 10.8. The Morgan fingerprint density at radius 1 is 0.955 bits per heavy atom. The van der Waals surface area contributed by atoms with E-state index in [9.17, 15) is 45.6 Å². The second kappa shape index (κ2) is 12.3. The van der Waals surface area contributed by atoms with E-state index in [0.29, 0.717) is 25.7 Å². The van der Waals surface area contributed by atoms with Gasteiger partial charge in [-0.15, -0.1) is 0 Å². The van der Waals surface area contributed by atoms with Crippen molar-refractivity contribution in [2.24, 2.45) is 46.3 Å². The summed E-state index contributed by atoms with van der Waals surface area (Å²) in [7, 11) is 0. The highest BCUT2D eigenvalue weighted by molar-refractivity contribution is 5.73. The van der Waals surface area contributed by atoms with E-state index in [2.05, 4.69) is 20.8 Å². The summed E-state index contributed by atoms with van der Waals surface area (Å²) in [4.78, 5) is 11.6. The van der Waals surface area contributed by atoms with E-state index in [0.717, 1.165) is 25.7 Å². The molecule has 1 aliphatic heterocycles. The van der Waals surface area contributed by atoms with Crippen molar-refractivity contribution in [3.05, 3.63) is 0 Å². The maximum Gasteiger partial charge on any atom is 0.335 e. The van der Waals surface area contributed by atoms with Gasteiger partial charge in [0, 0.05) is 6.42 Å². The fraction of sp³-hybridized carbons (Fsp3) is 0.970. The van der Waals surface area contributed by atoms with Crippen LogP contribution >= 0.6 is 0 Å². The maximum atomic E-state index is 11.9. The van der Waals surface area contributed by atoms with Crippen molar-refractivity contribution < 1.29 is 55.1 Å². The average molecular weight is 629 g/mol.